The fraction of sp³-hybridized carbons (Fsp3) is 0.280. The molecule has 0 bridgehead atoms. The second kappa shape index (κ2) is 13.5. The molecular weight excluding hydrogens is 531 g/mol. The molecule has 3 aromatic rings. The van der Waals surface area contributed by atoms with E-state index in [1.54, 1.807) is 44.2 Å². The normalized spacial score (nSPS) is 10.8. The van der Waals surface area contributed by atoms with E-state index in [4.69, 9.17) is 9.47 Å². The number of halogens is 1. The van der Waals surface area contributed by atoms with E-state index in [1.165, 1.54) is 0 Å². The van der Waals surface area contributed by atoms with Gasteiger partial charge in [-0.05, 0) is 41.3 Å². The van der Waals surface area contributed by atoms with E-state index in [0.717, 1.165) is 47.1 Å². The topological polar surface area (TPSA) is 76.9 Å². The summed E-state index contributed by atoms with van der Waals surface area (Å²) < 4.78 is 12.3. The van der Waals surface area contributed by atoms with Crippen molar-refractivity contribution < 1.29 is 9.47 Å². The van der Waals surface area contributed by atoms with Gasteiger partial charge in [0, 0.05) is 32.4 Å². The van der Waals surface area contributed by atoms with Crippen molar-refractivity contribution in [3.63, 3.8) is 0 Å². The summed E-state index contributed by atoms with van der Waals surface area (Å²) in [5, 5.41) is 6.66. The molecule has 0 unspecified atom stereocenters. The van der Waals surface area contributed by atoms with Crippen LogP contribution in [-0.2, 0) is 19.5 Å². The van der Waals surface area contributed by atoms with Crippen LogP contribution in [-0.4, -0.2) is 38.3 Å². The summed E-state index contributed by atoms with van der Waals surface area (Å²) >= 11 is 0. The summed E-state index contributed by atoms with van der Waals surface area (Å²) in [6.45, 7) is 1.95. The van der Waals surface area contributed by atoms with Crippen molar-refractivity contribution in [3.05, 3.63) is 93.9 Å². The Kier molecular flexibility index (Phi) is 10.8. The van der Waals surface area contributed by atoms with Crippen LogP contribution < -0.4 is 25.7 Å². The maximum Gasteiger partial charge on any atom is 0.250 e. The number of nitrogens with zero attached hydrogens (tertiary/aromatic N) is 2. The number of ether oxygens (including phenoxy) is 2. The Bertz CT molecular complexity index is 1100. The molecule has 0 atom stereocenters. The Morgan fingerprint density at radius 2 is 1.61 bits per heavy atom. The van der Waals surface area contributed by atoms with Gasteiger partial charge in [0.15, 0.2) is 17.5 Å². The number of methoxy groups -OCH3 is 2. The Hall–Kier alpha value is -3.01. The first kappa shape index (κ1) is 26.2. The van der Waals surface area contributed by atoms with Gasteiger partial charge in [-0.3, -0.25) is 9.79 Å². The minimum absolute atomic E-state index is 0. The molecule has 0 fully saturated rings. The molecule has 0 spiro atoms. The Morgan fingerprint density at radius 1 is 0.909 bits per heavy atom. The third-order valence-electron chi connectivity index (χ3n) is 5.11. The average Bonchev–Trinajstić information content (AvgIpc) is 2.83. The van der Waals surface area contributed by atoms with E-state index in [0.29, 0.717) is 13.1 Å². The van der Waals surface area contributed by atoms with Gasteiger partial charge in [-0.1, -0.05) is 36.4 Å². The molecule has 0 aliphatic rings. The molecule has 33 heavy (non-hydrogen) atoms. The molecule has 176 valence electrons. The molecule has 0 saturated heterocycles. The van der Waals surface area contributed by atoms with Gasteiger partial charge in [-0.2, -0.15) is 0 Å². The van der Waals surface area contributed by atoms with Crippen LogP contribution in [0.5, 0.6) is 11.5 Å². The Balaban J connectivity index is 0.00000385. The van der Waals surface area contributed by atoms with Crippen LogP contribution >= 0.6 is 24.0 Å². The molecular formula is C25H31IN4O3. The second-order valence-electron chi connectivity index (χ2n) is 7.28. The molecule has 0 saturated carbocycles. The molecule has 2 N–H and O–H groups in total. The lowest BCUT2D eigenvalue weighted by Crippen LogP contribution is -2.37. The maximum atomic E-state index is 11.9. The van der Waals surface area contributed by atoms with Crippen LogP contribution in [0.2, 0.25) is 0 Å². The van der Waals surface area contributed by atoms with E-state index < -0.39 is 0 Å². The second-order valence-corrected chi connectivity index (χ2v) is 7.28. The molecule has 1 heterocycles. The highest BCUT2D eigenvalue weighted by Crippen LogP contribution is 2.27. The SMILES string of the molecule is CN=C(NCCc1ccc(OC)c(OC)c1)NCc1ccc(Cn2ccccc2=O)cc1.I. The molecule has 2 aromatic carbocycles. The summed E-state index contributed by atoms with van der Waals surface area (Å²) in [5.41, 5.74) is 3.37. The van der Waals surface area contributed by atoms with E-state index in [-0.39, 0.29) is 29.5 Å². The van der Waals surface area contributed by atoms with E-state index in [1.807, 2.05) is 36.4 Å². The number of pyridine rings is 1. The number of aromatic nitrogens is 1. The van der Waals surface area contributed by atoms with Gasteiger partial charge >= 0.3 is 0 Å². The average molecular weight is 562 g/mol. The first-order chi connectivity index (χ1) is 15.6. The number of benzene rings is 2. The predicted molar refractivity (Wildman–Crippen MR) is 143 cm³/mol. The van der Waals surface area contributed by atoms with Gasteiger partial charge in [0.05, 0.1) is 20.8 Å². The summed E-state index contributed by atoms with van der Waals surface area (Å²) in [5.74, 6) is 2.20. The smallest absolute Gasteiger partial charge is 0.250 e. The van der Waals surface area contributed by atoms with E-state index in [9.17, 15) is 4.79 Å². The number of nitrogens with one attached hydrogen (secondary N) is 2. The van der Waals surface area contributed by atoms with Crippen LogP contribution in [0.15, 0.2) is 76.6 Å². The molecule has 7 nitrogen and oxygen atoms in total. The summed E-state index contributed by atoms with van der Waals surface area (Å²) in [7, 11) is 5.03. The number of aliphatic imine (C=N–C) groups is 1. The van der Waals surface area contributed by atoms with Crippen molar-refractivity contribution in [3.8, 4) is 11.5 Å². The number of hydrogen-bond donors (Lipinski definition) is 2. The number of guanidine groups is 1. The largest absolute Gasteiger partial charge is 0.493 e. The minimum Gasteiger partial charge on any atom is -0.493 e. The molecule has 0 aliphatic heterocycles. The minimum atomic E-state index is 0. The summed E-state index contributed by atoms with van der Waals surface area (Å²) in [6.07, 6.45) is 2.63. The molecule has 3 rings (SSSR count). The summed E-state index contributed by atoms with van der Waals surface area (Å²) in [4.78, 5) is 16.1. The highest BCUT2D eigenvalue weighted by molar-refractivity contribution is 14.0. The third-order valence-corrected chi connectivity index (χ3v) is 5.11. The van der Waals surface area contributed by atoms with Gasteiger partial charge in [-0.25, -0.2) is 0 Å². The lowest BCUT2D eigenvalue weighted by Gasteiger charge is -2.13. The molecule has 1 aromatic heterocycles. The van der Waals surface area contributed by atoms with Crippen molar-refractivity contribution in [1.82, 2.24) is 15.2 Å². The lowest BCUT2D eigenvalue weighted by molar-refractivity contribution is 0.354. The van der Waals surface area contributed by atoms with Crippen molar-refractivity contribution in [1.29, 1.82) is 0 Å². The predicted octanol–water partition coefficient (Wildman–Crippen LogP) is 3.44. The number of hydrogen-bond acceptors (Lipinski definition) is 4. The highest BCUT2D eigenvalue weighted by atomic mass is 127. The summed E-state index contributed by atoms with van der Waals surface area (Å²) in [6, 6.07) is 19.3. The molecule has 0 radical (unpaired) electrons. The molecule has 0 aliphatic carbocycles. The number of rotatable bonds is 9. The highest BCUT2D eigenvalue weighted by Gasteiger charge is 2.05. The van der Waals surface area contributed by atoms with Gasteiger partial charge in [0.1, 0.15) is 0 Å². The van der Waals surface area contributed by atoms with E-state index >= 15 is 0 Å². The quantitative estimate of drug-likeness (QED) is 0.238. The van der Waals surface area contributed by atoms with Gasteiger partial charge in [-0.15, -0.1) is 24.0 Å². The Labute approximate surface area is 211 Å². The first-order valence-corrected chi connectivity index (χ1v) is 10.5. The van der Waals surface area contributed by atoms with Crippen molar-refractivity contribution >= 4 is 29.9 Å². The fourth-order valence-electron chi connectivity index (χ4n) is 3.32. The van der Waals surface area contributed by atoms with Crippen molar-refractivity contribution in [2.45, 2.75) is 19.5 Å². The van der Waals surface area contributed by atoms with E-state index in [2.05, 4.69) is 27.8 Å². The zero-order valence-electron chi connectivity index (χ0n) is 19.2. The zero-order chi connectivity index (χ0) is 22.8. The van der Waals surface area contributed by atoms with Crippen LogP contribution in [0, 0.1) is 0 Å². The van der Waals surface area contributed by atoms with Gasteiger partial charge in [0.2, 0.25) is 0 Å². The molecule has 0 amide bonds. The van der Waals surface area contributed by atoms with Crippen LogP contribution in [0.3, 0.4) is 0 Å². The monoisotopic (exact) mass is 562 g/mol. The standard InChI is InChI=1S/C25H30N4O3.HI/c1-26-25(27-14-13-19-11-12-22(31-2)23(16-19)32-3)28-17-20-7-9-21(10-8-20)18-29-15-5-4-6-24(29)30;/h4-12,15-16H,13-14,17-18H2,1-3H3,(H2,26,27,28);1H. The van der Waals surface area contributed by atoms with Gasteiger partial charge in [0.25, 0.3) is 5.56 Å². The van der Waals surface area contributed by atoms with Crippen molar-refractivity contribution in [2.75, 3.05) is 27.8 Å². The fourth-order valence-corrected chi connectivity index (χ4v) is 3.32. The lowest BCUT2D eigenvalue weighted by atomic mass is 10.1. The van der Waals surface area contributed by atoms with Crippen LogP contribution in [0.4, 0.5) is 0 Å². The first-order valence-electron chi connectivity index (χ1n) is 10.5. The van der Waals surface area contributed by atoms with Gasteiger partial charge < -0.3 is 24.7 Å². The van der Waals surface area contributed by atoms with Crippen LogP contribution in [0.25, 0.3) is 0 Å². The third kappa shape index (κ3) is 7.81. The Morgan fingerprint density at radius 3 is 2.27 bits per heavy atom. The van der Waals surface area contributed by atoms with Crippen molar-refractivity contribution in [2.24, 2.45) is 4.99 Å². The van der Waals surface area contributed by atoms with Crippen LogP contribution in [0.1, 0.15) is 16.7 Å². The zero-order valence-corrected chi connectivity index (χ0v) is 21.5. The maximum absolute atomic E-state index is 11.9. The molecule has 8 heteroatoms.